The third-order valence-corrected chi connectivity index (χ3v) is 2.29. The van der Waals surface area contributed by atoms with Crippen LogP contribution < -0.4 is 9.47 Å². The fourth-order valence-corrected chi connectivity index (χ4v) is 1.36. The van der Waals surface area contributed by atoms with Gasteiger partial charge in [0, 0.05) is 0 Å². The molecule has 104 valence electrons. The summed E-state index contributed by atoms with van der Waals surface area (Å²) in [6.07, 6.45) is -0.924. The van der Waals surface area contributed by atoms with Crippen molar-refractivity contribution >= 4 is 11.7 Å². The van der Waals surface area contributed by atoms with E-state index in [0.717, 1.165) is 0 Å². The molecule has 0 N–H and O–H groups in total. The molecule has 0 aliphatic heterocycles. The molecule has 0 aromatic heterocycles. The monoisotopic (exact) mass is 269 g/mol. The molecule has 0 saturated carbocycles. The Morgan fingerprint density at radius 2 is 2.16 bits per heavy atom. The fourth-order valence-electron chi connectivity index (χ4n) is 1.36. The molecule has 0 bridgehead atoms. The number of benzene rings is 1. The van der Waals surface area contributed by atoms with Gasteiger partial charge in [-0.25, -0.2) is 4.79 Å². The molecule has 1 aromatic carbocycles. The van der Waals surface area contributed by atoms with E-state index >= 15 is 0 Å². The topological polar surface area (TPSA) is 87.9 Å². The Labute approximate surface area is 110 Å². The van der Waals surface area contributed by atoms with Crippen LogP contribution in [0.25, 0.3) is 0 Å². The summed E-state index contributed by atoms with van der Waals surface area (Å²) in [6.45, 7) is 3.35. The first-order chi connectivity index (χ1) is 8.99. The predicted molar refractivity (Wildman–Crippen MR) is 66.4 cm³/mol. The molecule has 1 unspecified atom stereocenters. The lowest BCUT2D eigenvalue weighted by molar-refractivity contribution is -0.386. The van der Waals surface area contributed by atoms with Crippen molar-refractivity contribution in [3.8, 4) is 11.5 Å². The number of rotatable bonds is 6. The van der Waals surface area contributed by atoms with Gasteiger partial charge < -0.3 is 14.2 Å². The number of nitrogens with zero attached hydrogens (tertiary/aromatic N) is 1. The van der Waals surface area contributed by atoms with Gasteiger partial charge in [0.1, 0.15) is 5.75 Å². The summed E-state index contributed by atoms with van der Waals surface area (Å²) in [5, 5.41) is 10.9. The molecule has 0 radical (unpaired) electrons. The Morgan fingerprint density at radius 3 is 2.68 bits per heavy atom. The molecule has 7 nitrogen and oxygen atoms in total. The minimum Gasteiger partial charge on any atom is -0.496 e. The minimum atomic E-state index is -0.924. The van der Waals surface area contributed by atoms with Crippen molar-refractivity contribution in [3.05, 3.63) is 28.3 Å². The molecular weight excluding hydrogens is 254 g/mol. The first-order valence-corrected chi connectivity index (χ1v) is 5.65. The smallest absolute Gasteiger partial charge is 0.347 e. The highest BCUT2D eigenvalue weighted by atomic mass is 16.6. The van der Waals surface area contributed by atoms with Crippen LogP contribution in [0.2, 0.25) is 0 Å². The van der Waals surface area contributed by atoms with E-state index in [4.69, 9.17) is 14.2 Å². The van der Waals surface area contributed by atoms with Crippen molar-refractivity contribution in [2.24, 2.45) is 0 Å². The predicted octanol–water partition coefficient (Wildman–Crippen LogP) is 1.93. The SMILES string of the molecule is CCOC(=O)C(C)Oc1ccc(OC)cc1[N+](=O)[O-]. The molecule has 0 spiro atoms. The van der Waals surface area contributed by atoms with Crippen molar-refractivity contribution in [1.82, 2.24) is 0 Å². The largest absolute Gasteiger partial charge is 0.496 e. The van der Waals surface area contributed by atoms with Crippen molar-refractivity contribution < 1.29 is 23.9 Å². The average molecular weight is 269 g/mol. The fraction of sp³-hybridized carbons (Fsp3) is 0.417. The number of hydrogen-bond donors (Lipinski definition) is 0. The molecule has 1 aromatic rings. The number of carbonyl (C=O) groups excluding carboxylic acids is 1. The van der Waals surface area contributed by atoms with Gasteiger partial charge in [0.25, 0.3) is 0 Å². The first-order valence-electron chi connectivity index (χ1n) is 5.65. The van der Waals surface area contributed by atoms with Crippen molar-refractivity contribution in [2.45, 2.75) is 20.0 Å². The van der Waals surface area contributed by atoms with E-state index in [1.807, 2.05) is 0 Å². The molecule has 0 saturated heterocycles. The molecule has 19 heavy (non-hydrogen) atoms. The Hall–Kier alpha value is -2.31. The zero-order valence-electron chi connectivity index (χ0n) is 10.9. The molecule has 0 heterocycles. The lowest BCUT2D eigenvalue weighted by Gasteiger charge is -2.13. The number of ether oxygens (including phenoxy) is 3. The maximum atomic E-state index is 11.4. The van der Waals surface area contributed by atoms with Gasteiger partial charge in [-0.1, -0.05) is 0 Å². The van der Waals surface area contributed by atoms with Gasteiger partial charge in [-0.05, 0) is 26.0 Å². The lowest BCUT2D eigenvalue weighted by atomic mass is 10.2. The van der Waals surface area contributed by atoms with Crippen LogP contribution in [0.4, 0.5) is 5.69 Å². The van der Waals surface area contributed by atoms with E-state index in [9.17, 15) is 14.9 Å². The number of carbonyl (C=O) groups is 1. The Morgan fingerprint density at radius 1 is 1.47 bits per heavy atom. The van der Waals surface area contributed by atoms with Crippen LogP contribution in [-0.2, 0) is 9.53 Å². The highest BCUT2D eigenvalue weighted by Crippen LogP contribution is 2.31. The minimum absolute atomic E-state index is 0.00801. The highest BCUT2D eigenvalue weighted by molar-refractivity contribution is 5.74. The van der Waals surface area contributed by atoms with Crippen LogP contribution in [0.3, 0.4) is 0 Å². The summed E-state index contributed by atoms with van der Waals surface area (Å²) in [7, 11) is 1.40. The maximum Gasteiger partial charge on any atom is 0.347 e. The summed E-state index contributed by atoms with van der Waals surface area (Å²) in [6, 6.07) is 4.13. The highest BCUT2D eigenvalue weighted by Gasteiger charge is 2.22. The summed E-state index contributed by atoms with van der Waals surface area (Å²) in [4.78, 5) is 21.7. The molecular formula is C12H15NO6. The van der Waals surface area contributed by atoms with E-state index in [1.54, 1.807) is 6.92 Å². The van der Waals surface area contributed by atoms with Crippen LogP contribution in [0.1, 0.15) is 13.8 Å². The van der Waals surface area contributed by atoms with E-state index in [2.05, 4.69) is 0 Å². The molecule has 0 aliphatic carbocycles. The van der Waals surface area contributed by atoms with Gasteiger partial charge in [-0.2, -0.15) is 0 Å². The number of methoxy groups -OCH3 is 1. The second kappa shape index (κ2) is 6.58. The average Bonchev–Trinajstić information content (AvgIpc) is 2.39. The van der Waals surface area contributed by atoms with E-state index in [0.29, 0.717) is 5.75 Å². The second-order valence-corrected chi connectivity index (χ2v) is 3.60. The number of esters is 1. The molecule has 0 aliphatic rings. The third kappa shape index (κ3) is 3.84. The molecule has 1 rings (SSSR count). The molecule has 0 amide bonds. The zero-order chi connectivity index (χ0) is 14.4. The van der Waals surface area contributed by atoms with Crippen LogP contribution >= 0.6 is 0 Å². The quantitative estimate of drug-likeness (QED) is 0.445. The summed E-state index contributed by atoms with van der Waals surface area (Å²) < 4.78 is 14.9. The zero-order valence-corrected chi connectivity index (χ0v) is 10.9. The Kier molecular flexibility index (Phi) is 5.11. The van der Waals surface area contributed by atoms with Crippen molar-refractivity contribution in [1.29, 1.82) is 0 Å². The normalized spacial score (nSPS) is 11.5. The molecule has 0 fully saturated rings. The second-order valence-electron chi connectivity index (χ2n) is 3.60. The van der Waals surface area contributed by atoms with Gasteiger partial charge >= 0.3 is 11.7 Å². The lowest BCUT2D eigenvalue weighted by Crippen LogP contribution is -2.26. The van der Waals surface area contributed by atoms with E-state index < -0.39 is 17.0 Å². The van der Waals surface area contributed by atoms with Crippen molar-refractivity contribution in [3.63, 3.8) is 0 Å². The van der Waals surface area contributed by atoms with E-state index in [-0.39, 0.29) is 18.0 Å². The summed E-state index contributed by atoms with van der Waals surface area (Å²) in [5.41, 5.74) is -0.268. The maximum absolute atomic E-state index is 11.4. The number of nitro benzene ring substituents is 1. The van der Waals surface area contributed by atoms with Crippen LogP contribution in [-0.4, -0.2) is 30.7 Å². The van der Waals surface area contributed by atoms with E-state index in [1.165, 1.54) is 32.2 Å². The third-order valence-electron chi connectivity index (χ3n) is 2.29. The van der Waals surface area contributed by atoms with Crippen molar-refractivity contribution in [2.75, 3.05) is 13.7 Å². The summed E-state index contributed by atoms with van der Waals surface area (Å²) >= 11 is 0. The standard InChI is InChI=1S/C12H15NO6/c1-4-18-12(14)8(2)19-11-6-5-9(17-3)7-10(11)13(15)16/h5-8H,4H2,1-3H3. The van der Waals surface area contributed by atoms with Crippen LogP contribution in [0.15, 0.2) is 18.2 Å². The number of nitro groups is 1. The Bertz CT molecular complexity index is 473. The summed E-state index contributed by atoms with van der Waals surface area (Å²) in [5.74, 6) is -0.248. The van der Waals surface area contributed by atoms with Gasteiger partial charge in [0.15, 0.2) is 11.9 Å². The van der Waals surface area contributed by atoms with Crippen LogP contribution in [0, 0.1) is 10.1 Å². The van der Waals surface area contributed by atoms with Gasteiger partial charge in [0.2, 0.25) is 0 Å². The van der Waals surface area contributed by atoms with Gasteiger partial charge in [0.05, 0.1) is 24.7 Å². The molecule has 7 heteroatoms. The molecule has 1 atom stereocenters. The van der Waals surface area contributed by atoms with Gasteiger partial charge in [-0.3, -0.25) is 10.1 Å². The van der Waals surface area contributed by atoms with Gasteiger partial charge in [-0.15, -0.1) is 0 Å². The Balaban J connectivity index is 2.94. The number of hydrogen-bond acceptors (Lipinski definition) is 6. The van der Waals surface area contributed by atoms with Crippen LogP contribution in [0.5, 0.6) is 11.5 Å². The first kappa shape index (κ1) is 14.7.